The molecule has 2 aromatic heterocycles. The number of benzene rings is 1. The Labute approximate surface area is 252 Å². The Bertz CT molecular complexity index is 1290. The Morgan fingerprint density at radius 3 is 2.86 bits per heavy atom. The molecule has 0 unspecified atom stereocenters. The number of methoxy groups -OCH3 is 1. The van der Waals surface area contributed by atoms with Crippen molar-refractivity contribution < 1.29 is 28.5 Å². The highest BCUT2D eigenvalue weighted by molar-refractivity contribution is 7.59. The topological polar surface area (TPSA) is 135 Å². The molecule has 5 rings (SSSR count). The number of nitrogens with one attached hydrogen (secondary N) is 1. The Hall–Kier alpha value is -3.23. The van der Waals surface area contributed by atoms with Gasteiger partial charge in [-0.2, -0.15) is 18.5 Å². The number of rotatable bonds is 15. The van der Waals surface area contributed by atoms with Gasteiger partial charge in [0.25, 0.3) is 0 Å². The SMILES string of the molecule is COCCN(C)c1nc(NC2COC2)cc(C(=O)CC[C@H](O)CN2CCc3cc(OCc4cnco4)ccc3C2)n1.S. The van der Waals surface area contributed by atoms with Gasteiger partial charge in [0.1, 0.15) is 23.9 Å². The van der Waals surface area contributed by atoms with E-state index in [0.717, 1.165) is 25.3 Å². The van der Waals surface area contributed by atoms with Crippen LogP contribution in [0.2, 0.25) is 0 Å². The lowest BCUT2D eigenvalue weighted by Gasteiger charge is -2.30. The number of aliphatic hydroxyl groups excluding tert-OH is 1. The first-order valence-electron chi connectivity index (χ1n) is 14.0. The van der Waals surface area contributed by atoms with Gasteiger partial charge >= 0.3 is 0 Å². The summed E-state index contributed by atoms with van der Waals surface area (Å²) in [4.78, 5) is 30.2. The molecule has 2 aliphatic heterocycles. The van der Waals surface area contributed by atoms with Crippen molar-refractivity contribution in [2.24, 2.45) is 0 Å². The van der Waals surface area contributed by atoms with Gasteiger partial charge in [-0.25, -0.2) is 9.97 Å². The van der Waals surface area contributed by atoms with Crippen LogP contribution in [0.15, 0.2) is 41.3 Å². The maximum atomic E-state index is 13.1. The van der Waals surface area contributed by atoms with E-state index in [0.29, 0.717) is 69.2 Å². The van der Waals surface area contributed by atoms with Crippen LogP contribution < -0.4 is 15.0 Å². The van der Waals surface area contributed by atoms with Crippen LogP contribution >= 0.6 is 13.5 Å². The van der Waals surface area contributed by atoms with E-state index in [1.54, 1.807) is 19.4 Å². The van der Waals surface area contributed by atoms with Crippen LogP contribution in [-0.4, -0.2) is 96.5 Å². The van der Waals surface area contributed by atoms with Crippen molar-refractivity contribution in [1.29, 1.82) is 0 Å². The van der Waals surface area contributed by atoms with E-state index in [-0.39, 0.29) is 31.7 Å². The minimum absolute atomic E-state index is 0. The normalized spacial score (nSPS) is 15.7. The molecule has 0 bridgehead atoms. The zero-order chi connectivity index (χ0) is 28.6. The van der Waals surface area contributed by atoms with Crippen molar-refractivity contribution >= 4 is 31.0 Å². The lowest BCUT2D eigenvalue weighted by Crippen LogP contribution is -2.40. The minimum atomic E-state index is -0.625. The number of carbonyl (C=O) groups excluding carboxylic acids is 1. The van der Waals surface area contributed by atoms with E-state index in [9.17, 15) is 9.90 Å². The van der Waals surface area contributed by atoms with Crippen LogP contribution in [0, 0.1) is 0 Å². The largest absolute Gasteiger partial charge is 0.486 e. The first-order chi connectivity index (χ1) is 20.0. The molecule has 1 saturated heterocycles. The molecule has 0 amide bonds. The molecule has 1 atom stereocenters. The number of aliphatic hydroxyl groups is 1. The molecule has 228 valence electrons. The summed E-state index contributed by atoms with van der Waals surface area (Å²) >= 11 is 0. The molecular formula is C29H40N6O6S. The molecule has 0 spiro atoms. The molecule has 2 aliphatic rings. The maximum Gasteiger partial charge on any atom is 0.227 e. The summed E-state index contributed by atoms with van der Waals surface area (Å²) in [6.07, 6.45) is 3.82. The highest BCUT2D eigenvalue weighted by Gasteiger charge is 2.23. The van der Waals surface area contributed by atoms with E-state index in [1.807, 2.05) is 18.0 Å². The predicted molar refractivity (Wildman–Crippen MR) is 162 cm³/mol. The van der Waals surface area contributed by atoms with Gasteiger partial charge in [0.15, 0.2) is 17.9 Å². The Kier molecular flexibility index (Phi) is 11.5. The highest BCUT2D eigenvalue weighted by atomic mass is 32.1. The van der Waals surface area contributed by atoms with Crippen LogP contribution in [-0.2, 0) is 29.0 Å². The van der Waals surface area contributed by atoms with E-state index >= 15 is 0 Å². The van der Waals surface area contributed by atoms with Crippen LogP contribution in [0.3, 0.4) is 0 Å². The maximum absolute atomic E-state index is 13.1. The third-order valence-corrected chi connectivity index (χ3v) is 7.27. The quantitative estimate of drug-likeness (QED) is 0.248. The van der Waals surface area contributed by atoms with Crippen molar-refractivity contribution in [2.45, 2.75) is 44.6 Å². The molecule has 0 radical (unpaired) electrons. The lowest BCUT2D eigenvalue weighted by atomic mass is 9.98. The number of hydrogen-bond donors (Lipinski definition) is 2. The summed E-state index contributed by atoms with van der Waals surface area (Å²) in [5.41, 5.74) is 2.80. The van der Waals surface area contributed by atoms with Crippen LogP contribution in [0.1, 0.15) is 40.2 Å². The number of anilines is 2. The fraction of sp³-hybridized carbons (Fsp3) is 0.517. The Morgan fingerprint density at radius 1 is 1.26 bits per heavy atom. The van der Waals surface area contributed by atoms with Crippen LogP contribution in [0.5, 0.6) is 5.75 Å². The minimum Gasteiger partial charge on any atom is -0.486 e. The fourth-order valence-electron chi connectivity index (χ4n) is 4.79. The molecular weight excluding hydrogens is 560 g/mol. The molecule has 0 aliphatic carbocycles. The number of oxazole rings is 1. The number of ether oxygens (including phenoxy) is 3. The number of Topliss-reactive ketones (excluding diaryl/α,β-unsaturated/α-hetero) is 1. The summed E-state index contributed by atoms with van der Waals surface area (Å²) in [5, 5.41) is 14.1. The molecule has 12 nitrogen and oxygen atoms in total. The highest BCUT2D eigenvalue weighted by Crippen LogP contribution is 2.25. The van der Waals surface area contributed by atoms with Crippen molar-refractivity contribution in [3.8, 4) is 5.75 Å². The number of hydrogen-bond acceptors (Lipinski definition) is 12. The van der Waals surface area contributed by atoms with Crippen molar-refractivity contribution in [2.75, 3.05) is 63.8 Å². The van der Waals surface area contributed by atoms with Gasteiger partial charge in [-0.05, 0) is 36.1 Å². The van der Waals surface area contributed by atoms with Gasteiger partial charge < -0.3 is 34.0 Å². The first kappa shape index (κ1) is 31.7. The second-order valence-electron chi connectivity index (χ2n) is 10.5. The average Bonchev–Trinajstić information content (AvgIpc) is 3.49. The molecule has 13 heteroatoms. The van der Waals surface area contributed by atoms with Gasteiger partial charge in [-0.3, -0.25) is 9.69 Å². The number of fused-ring (bicyclic) bond motifs is 1. The molecule has 42 heavy (non-hydrogen) atoms. The van der Waals surface area contributed by atoms with Crippen molar-refractivity contribution in [1.82, 2.24) is 19.9 Å². The number of aromatic nitrogens is 3. The molecule has 1 aromatic carbocycles. The summed E-state index contributed by atoms with van der Waals surface area (Å²) in [5.74, 6) is 2.40. The van der Waals surface area contributed by atoms with Gasteiger partial charge in [-0.1, -0.05) is 6.07 Å². The van der Waals surface area contributed by atoms with Gasteiger partial charge in [0.05, 0.1) is 38.2 Å². The number of ketones is 1. The zero-order valence-corrected chi connectivity index (χ0v) is 25.1. The monoisotopic (exact) mass is 600 g/mol. The third-order valence-electron chi connectivity index (χ3n) is 7.27. The number of β-amino-alcohol motifs (C(OH)–C–C–N with tert-alkyl or cyclic N) is 1. The van der Waals surface area contributed by atoms with Crippen LogP contribution in [0.4, 0.5) is 11.8 Å². The van der Waals surface area contributed by atoms with Gasteiger partial charge in [-0.15, -0.1) is 0 Å². The molecule has 3 aromatic rings. The van der Waals surface area contributed by atoms with E-state index in [2.05, 4.69) is 37.3 Å². The molecule has 0 saturated carbocycles. The average molecular weight is 601 g/mol. The fourth-order valence-corrected chi connectivity index (χ4v) is 4.79. The van der Waals surface area contributed by atoms with Gasteiger partial charge in [0, 0.05) is 52.8 Å². The predicted octanol–water partition coefficient (Wildman–Crippen LogP) is 2.43. The molecule has 1 fully saturated rings. The standard InChI is InChI=1S/C29H38N6O6.H2S/c1-34(9-10-38-2)29-32-26(12-28(33-29)31-22-16-39-17-22)27(37)6-4-23(36)15-35-8-7-20-11-24(5-3-21(20)14-35)40-18-25-13-30-19-41-25;/h3,5,11-13,19,22-23,36H,4,6-10,14-18H2,1-2H3,(H,31,32,33);1H2/t23-;/m0./s1. The van der Waals surface area contributed by atoms with Crippen molar-refractivity contribution in [3.05, 3.63) is 59.4 Å². The van der Waals surface area contributed by atoms with E-state index < -0.39 is 6.10 Å². The summed E-state index contributed by atoms with van der Waals surface area (Å²) in [7, 11) is 3.51. The van der Waals surface area contributed by atoms with Crippen molar-refractivity contribution in [3.63, 3.8) is 0 Å². The number of carbonyl (C=O) groups is 1. The second kappa shape index (κ2) is 15.3. The van der Waals surface area contributed by atoms with E-state index in [4.69, 9.17) is 18.6 Å². The smallest absolute Gasteiger partial charge is 0.227 e. The summed E-state index contributed by atoms with van der Waals surface area (Å²) < 4.78 is 21.5. The number of nitrogens with zero attached hydrogens (tertiary/aromatic N) is 5. The van der Waals surface area contributed by atoms with Crippen LogP contribution in [0.25, 0.3) is 0 Å². The lowest BCUT2D eigenvalue weighted by molar-refractivity contribution is 0.0209. The first-order valence-corrected chi connectivity index (χ1v) is 14.0. The van der Waals surface area contributed by atoms with E-state index in [1.165, 1.54) is 17.5 Å². The molecule has 4 heterocycles. The Balaban J connectivity index is 0.00000405. The number of likely N-dealkylation sites (N-methyl/N-ethyl adjacent to an activating group) is 1. The third kappa shape index (κ3) is 8.65. The Morgan fingerprint density at radius 2 is 2.12 bits per heavy atom. The second-order valence-corrected chi connectivity index (χ2v) is 10.5. The van der Waals surface area contributed by atoms with Gasteiger partial charge in [0.2, 0.25) is 5.95 Å². The molecule has 2 N–H and O–H groups in total. The summed E-state index contributed by atoms with van der Waals surface area (Å²) in [6.45, 7) is 4.72. The zero-order valence-electron chi connectivity index (χ0n) is 24.1. The summed E-state index contributed by atoms with van der Waals surface area (Å²) in [6, 6.07) is 7.95.